The monoisotopic (exact) mass is 338 g/mol. The number of carbonyl (C=O) groups is 1. The molecule has 0 saturated carbocycles. The summed E-state index contributed by atoms with van der Waals surface area (Å²) in [6.45, 7) is 9.49. The number of halogens is 1. The Labute approximate surface area is 144 Å². The van der Waals surface area contributed by atoms with Crippen molar-refractivity contribution in [2.75, 3.05) is 19.6 Å². The molecule has 0 bridgehead atoms. The van der Waals surface area contributed by atoms with Gasteiger partial charge in [0.05, 0.1) is 0 Å². The fourth-order valence-electron chi connectivity index (χ4n) is 2.87. The molecule has 0 radical (unpaired) electrons. The van der Waals surface area contributed by atoms with Crippen LogP contribution in [0.5, 0.6) is 5.75 Å². The van der Waals surface area contributed by atoms with Crippen molar-refractivity contribution < 1.29 is 9.53 Å². The van der Waals surface area contributed by atoms with Crippen molar-refractivity contribution >= 4 is 17.5 Å². The summed E-state index contributed by atoms with van der Waals surface area (Å²) in [7, 11) is 0. The van der Waals surface area contributed by atoms with Crippen LogP contribution in [0.1, 0.15) is 33.6 Å². The Kier molecular flexibility index (Phi) is 6.72. The molecule has 0 unspecified atom stereocenters. The molecule has 4 nitrogen and oxygen atoms in total. The molecule has 2 rings (SSSR count). The van der Waals surface area contributed by atoms with Crippen molar-refractivity contribution in [2.24, 2.45) is 5.92 Å². The number of nitrogens with zero attached hydrogens (tertiary/aromatic N) is 1. The highest BCUT2D eigenvalue weighted by Crippen LogP contribution is 2.17. The molecule has 1 fully saturated rings. The predicted octanol–water partition coefficient (Wildman–Crippen LogP) is 3.34. The second-order valence-electron chi connectivity index (χ2n) is 6.69. The van der Waals surface area contributed by atoms with Gasteiger partial charge in [-0.05, 0) is 49.9 Å². The number of rotatable bonds is 6. The Hall–Kier alpha value is -1.26. The van der Waals surface area contributed by atoms with Crippen LogP contribution in [0.3, 0.4) is 0 Å². The summed E-state index contributed by atoms with van der Waals surface area (Å²) in [5.41, 5.74) is 0. The van der Waals surface area contributed by atoms with E-state index in [1.165, 1.54) is 0 Å². The lowest BCUT2D eigenvalue weighted by molar-refractivity contribution is -0.128. The lowest BCUT2D eigenvalue weighted by Crippen LogP contribution is -2.48. The minimum Gasteiger partial charge on any atom is -0.481 e. The first-order chi connectivity index (χ1) is 10.9. The zero-order chi connectivity index (χ0) is 16.8. The number of amides is 1. The fraction of sp³-hybridized carbons (Fsp3) is 0.611. The van der Waals surface area contributed by atoms with Gasteiger partial charge in [0.2, 0.25) is 0 Å². The largest absolute Gasteiger partial charge is 0.481 e. The van der Waals surface area contributed by atoms with Gasteiger partial charge in [-0.2, -0.15) is 0 Å². The first kappa shape index (κ1) is 18.1. The molecule has 1 N–H and O–H groups in total. The van der Waals surface area contributed by atoms with Crippen LogP contribution < -0.4 is 10.1 Å². The van der Waals surface area contributed by atoms with E-state index in [0.29, 0.717) is 16.7 Å². The van der Waals surface area contributed by atoms with E-state index in [1.807, 2.05) is 0 Å². The van der Waals surface area contributed by atoms with E-state index >= 15 is 0 Å². The van der Waals surface area contributed by atoms with E-state index in [0.717, 1.165) is 32.5 Å². The van der Waals surface area contributed by atoms with Crippen LogP contribution in [0.15, 0.2) is 24.3 Å². The molecular formula is C18H27ClN2O2. The van der Waals surface area contributed by atoms with Crippen LogP contribution in [-0.4, -0.2) is 42.6 Å². The zero-order valence-corrected chi connectivity index (χ0v) is 15.0. The number of piperidine rings is 1. The molecular weight excluding hydrogens is 312 g/mol. The zero-order valence-electron chi connectivity index (χ0n) is 14.2. The summed E-state index contributed by atoms with van der Waals surface area (Å²) in [6, 6.07) is 7.31. The summed E-state index contributed by atoms with van der Waals surface area (Å²) >= 11 is 5.84. The van der Waals surface area contributed by atoms with Gasteiger partial charge in [0, 0.05) is 30.7 Å². The smallest absolute Gasteiger partial charge is 0.260 e. The summed E-state index contributed by atoms with van der Waals surface area (Å²) in [5, 5.41) is 3.76. The summed E-state index contributed by atoms with van der Waals surface area (Å²) in [6.07, 6.45) is 1.50. The minimum atomic E-state index is -0.509. The molecule has 1 aliphatic rings. The van der Waals surface area contributed by atoms with Gasteiger partial charge in [0.25, 0.3) is 5.91 Å². The molecule has 1 aliphatic heterocycles. The van der Waals surface area contributed by atoms with Gasteiger partial charge in [-0.1, -0.05) is 25.4 Å². The van der Waals surface area contributed by atoms with Crippen LogP contribution in [0.4, 0.5) is 0 Å². The van der Waals surface area contributed by atoms with Crippen molar-refractivity contribution in [3.63, 3.8) is 0 Å². The maximum atomic E-state index is 12.3. The number of nitrogens with one attached hydrogen (secondary N) is 1. The van der Waals surface area contributed by atoms with Crippen LogP contribution in [0, 0.1) is 5.92 Å². The van der Waals surface area contributed by atoms with Gasteiger partial charge in [0.1, 0.15) is 5.75 Å². The van der Waals surface area contributed by atoms with Crippen molar-refractivity contribution in [3.05, 3.63) is 29.3 Å². The summed E-state index contributed by atoms with van der Waals surface area (Å²) in [4.78, 5) is 14.7. The maximum Gasteiger partial charge on any atom is 0.260 e. The van der Waals surface area contributed by atoms with Gasteiger partial charge in [-0.15, -0.1) is 0 Å². The van der Waals surface area contributed by atoms with Gasteiger partial charge < -0.3 is 15.0 Å². The Balaban J connectivity index is 1.75. The average molecular weight is 339 g/mol. The van der Waals surface area contributed by atoms with Crippen molar-refractivity contribution in [3.8, 4) is 5.75 Å². The molecule has 0 aromatic heterocycles. The van der Waals surface area contributed by atoms with E-state index in [2.05, 4.69) is 24.1 Å². The molecule has 0 aliphatic carbocycles. The summed E-state index contributed by atoms with van der Waals surface area (Å²) < 4.78 is 5.67. The maximum absolute atomic E-state index is 12.3. The first-order valence-electron chi connectivity index (χ1n) is 8.39. The SMILES string of the molecule is CC(C)CN1CCC(NC(=O)[C@@H](C)Oc2ccc(Cl)cc2)CC1. The molecule has 128 valence electrons. The van der Waals surface area contributed by atoms with E-state index < -0.39 is 6.10 Å². The number of hydrogen-bond acceptors (Lipinski definition) is 3. The highest BCUT2D eigenvalue weighted by molar-refractivity contribution is 6.30. The molecule has 1 saturated heterocycles. The summed E-state index contributed by atoms with van der Waals surface area (Å²) in [5.74, 6) is 1.29. The van der Waals surface area contributed by atoms with Crippen molar-refractivity contribution in [1.82, 2.24) is 10.2 Å². The van der Waals surface area contributed by atoms with Crippen LogP contribution in [-0.2, 0) is 4.79 Å². The first-order valence-corrected chi connectivity index (χ1v) is 8.77. The molecule has 1 heterocycles. The number of hydrogen-bond donors (Lipinski definition) is 1. The van der Waals surface area contributed by atoms with E-state index in [9.17, 15) is 4.79 Å². The third kappa shape index (κ3) is 6.04. The highest BCUT2D eigenvalue weighted by Gasteiger charge is 2.23. The van der Waals surface area contributed by atoms with Crippen LogP contribution in [0.25, 0.3) is 0 Å². The fourth-order valence-corrected chi connectivity index (χ4v) is 2.99. The third-order valence-electron chi connectivity index (χ3n) is 4.05. The molecule has 0 spiro atoms. The number of likely N-dealkylation sites (tertiary alicyclic amines) is 1. The lowest BCUT2D eigenvalue weighted by Gasteiger charge is -2.33. The van der Waals surface area contributed by atoms with Gasteiger partial charge >= 0.3 is 0 Å². The standard InChI is InChI=1S/C18H27ClN2O2/c1-13(2)12-21-10-8-16(9-11-21)20-18(22)14(3)23-17-6-4-15(19)5-7-17/h4-7,13-14,16H,8-12H2,1-3H3,(H,20,22)/t14-/m1/s1. The Morgan fingerprint density at radius 3 is 2.43 bits per heavy atom. The molecule has 5 heteroatoms. The van der Waals surface area contributed by atoms with E-state index in [-0.39, 0.29) is 11.9 Å². The van der Waals surface area contributed by atoms with Gasteiger partial charge in [0.15, 0.2) is 6.10 Å². The Morgan fingerprint density at radius 2 is 1.87 bits per heavy atom. The quantitative estimate of drug-likeness (QED) is 0.865. The van der Waals surface area contributed by atoms with Gasteiger partial charge in [-0.25, -0.2) is 0 Å². The number of carbonyl (C=O) groups excluding carboxylic acids is 1. The van der Waals surface area contributed by atoms with Crippen molar-refractivity contribution in [1.29, 1.82) is 0 Å². The van der Waals surface area contributed by atoms with Crippen LogP contribution >= 0.6 is 11.6 Å². The molecule has 1 aromatic carbocycles. The predicted molar refractivity (Wildman–Crippen MR) is 94.0 cm³/mol. The normalized spacial score (nSPS) is 18.0. The Bertz CT molecular complexity index is 496. The Morgan fingerprint density at radius 1 is 1.26 bits per heavy atom. The second kappa shape index (κ2) is 8.55. The minimum absolute atomic E-state index is 0.0535. The van der Waals surface area contributed by atoms with Crippen molar-refractivity contribution in [2.45, 2.75) is 45.8 Å². The molecule has 1 aromatic rings. The number of benzene rings is 1. The van der Waals surface area contributed by atoms with E-state index in [1.54, 1.807) is 31.2 Å². The van der Waals surface area contributed by atoms with Gasteiger partial charge in [-0.3, -0.25) is 4.79 Å². The van der Waals surface area contributed by atoms with Crippen LogP contribution in [0.2, 0.25) is 5.02 Å². The average Bonchev–Trinajstić information content (AvgIpc) is 2.51. The highest BCUT2D eigenvalue weighted by atomic mass is 35.5. The van der Waals surface area contributed by atoms with E-state index in [4.69, 9.17) is 16.3 Å². The number of ether oxygens (including phenoxy) is 1. The topological polar surface area (TPSA) is 41.6 Å². The third-order valence-corrected chi connectivity index (χ3v) is 4.31. The second-order valence-corrected chi connectivity index (χ2v) is 7.13. The lowest BCUT2D eigenvalue weighted by atomic mass is 10.0. The molecule has 1 amide bonds. The molecule has 1 atom stereocenters. The molecule has 23 heavy (non-hydrogen) atoms.